The van der Waals surface area contributed by atoms with Gasteiger partial charge >= 0.3 is 0 Å². The summed E-state index contributed by atoms with van der Waals surface area (Å²) in [5, 5.41) is 4.43. The Hall–Kier alpha value is -2.69. The van der Waals surface area contributed by atoms with Gasteiger partial charge in [-0.1, -0.05) is 12.1 Å². The fourth-order valence-corrected chi connectivity index (χ4v) is 2.23. The lowest BCUT2D eigenvalue weighted by atomic mass is 10.1. The van der Waals surface area contributed by atoms with Crippen molar-refractivity contribution >= 4 is 17.3 Å². The van der Waals surface area contributed by atoms with Gasteiger partial charge in [-0.2, -0.15) is 5.10 Å². The number of hydrogen-bond donors (Lipinski definition) is 0. The van der Waals surface area contributed by atoms with Crippen molar-refractivity contribution in [1.82, 2.24) is 19.3 Å². The minimum atomic E-state index is 0.514. The Balaban J connectivity index is 2.10. The second-order valence-electron chi connectivity index (χ2n) is 4.60. The molecule has 5 heteroatoms. The van der Waals surface area contributed by atoms with Crippen molar-refractivity contribution in [1.29, 1.82) is 0 Å². The van der Waals surface area contributed by atoms with E-state index >= 15 is 0 Å². The fourth-order valence-electron chi connectivity index (χ4n) is 2.23. The van der Waals surface area contributed by atoms with Crippen molar-refractivity contribution in [3.8, 4) is 11.3 Å². The number of benzene rings is 1. The molecule has 0 amide bonds. The van der Waals surface area contributed by atoms with E-state index in [1.807, 2.05) is 29.8 Å². The van der Waals surface area contributed by atoms with Crippen LogP contribution in [0.1, 0.15) is 10.5 Å². The van der Waals surface area contributed by atoms with Gasteiger partial charge in [0.25, 0.3) is 0 Å². The summed E-state index contributed by atoms with van der Waals surface area (Å²) in [5.41, 5.74) is 4.23. The van der Waals surface area contributed by atoms with Gasteiger partial charge in [-0.05, 0) is 18.2 Å². The van der Waals surface area contributed by atoms with Crippen LogP contribution < -0.4 is 0 Å². The first-order chi connectivity index (χ1) is 9.72. The molecule has 0 bridgehead atoms. The summed E-state index contributed by atoms with van der Waals surface area (Å²) in [4.78, 5) is 15.4. The van der Waals surface area contributed by atoms with Crippen molar-refractivity contribution in [3.63, 3.8) is 0 Å². The Morgan fingerprint density at radius 1 is 1.35 bits per heavy atom. The maximum atomic E-state index is 11.1. The van der Waals surface area contributed by atoms with Crippen LogP contribution in [0.4, 0.5) is 0 Å². The van der Waals surface area contributed by atoms with E-state index < -0.39 is 0 Å². The van der Waals surface area contributed by atoms with Gasteiger partial charge in [-0.3, -0.25) is 9.48 Å². The lowest BCUT2D eigenvalue weighted by Crippen LogP contribution is -2.01. The predicted molar refractivity (Wildman–Crippen MR) is 77.5 cm³/mol. The van der Waals surface area contributed by atoms with E-state index in [2.05, 4.69) is 16.7 Å². The number of allylic oxidation sites excluding steroid dienone is 1. The maximum Gasteiger partial charge on any atom is 0.168 e. The summed E-state index contributed by atoms with van der Waals surface area (Å²) in [5.74, 6) is 0. The minimum Gasteiger partial charge on any atom is -0.334 e. The molecule has 0 saturated carbocycles. The van der Waals surface area contributed by atoms with Gasteiger partial charge in [0.15, 0.2) is 6.29 Å². The summed E-state index contributed by atoms with van der Waals surface area (Å²) in [6.07, 6.45) is 4.30. The Morgan fingerprint density at radius 3 is 2.95 bits per heavy atom. The number of aromatic nitrogens is 4. The van der Waals surface area contributed by atoms with Crippen LogP contribution in [0, 0.1) is 0 Å². The Morgan fingerprint density at radius 2 is 2.20 bits per heavy atom. The molecule has 20 heavy (non-hydrogen) atoms. The van der Waals surface area contributed by atoms with Crippen LogP contribution >= 0.6 is 0 Å². The number of carbonyl (C=O) groups excluding carboxylic acids is 1. The number of imidazole rings is 1. The monoisotopic (exact) mass is 266 g/mol. The number of hydrogen-bond acceptors (Lipinski definition) is 3. The second kappa shape index (κ2) is 4.77. The van der Waals surface area contributed by atoms with Crippen molar-refractivity contribution in [3.05, 3.63) is 48.9 Å². The topological polar surface area (TPSA) is 52.7 Å². The van der Waals surface area contributed by atoms with Crippen LogP contribution in [0.5, 0.6) is 0 Å². The molecule has 0 N–H and O–H groups in total. The molecule has 0 radical (unpaired) electrons. The van der Waals surface area contributed by atoms with Crippen LogP contribution in [0.2, 0.25) is 0 Å². The number of nitrogens with zero attached hydrogens (tertiary/aromatic N) is 4. The van der Waals surface area contributed by atoms with Gasteiger partial charge in [-0.15, -0.1) is 6.58 Å². The van der Waals surface area contributed by atoms with Gasteiger partial charge in [0.05, 0.1) is 29.6 Å². The van der Waals surface area contributed by atoms with Crippen LogP contribution in [0.3, 0.4) is 0 Å². The zero-order chi connectivity index (χ0) is 14.1. The third kappa shape index (κ3) is 1.93. The molecule has 0 spiro atoms. The van der Waals surface area contributed by atoms with Gasteiger partial charge in [0.2, 0.25) is 0 Å². The maximum absolute atomic E-state index is 11.1. The number of fused-ring (bicyclic) bond motifs is 1. The van der Waals surface area contributed by atoms with Crippen LogP contribution in [-0.4, -0.2) is 25.6 Å². The van der Waals surface area contributed by atoms with Crippen molar-refractivity contribution in [2.24, 2.45) is 7.05 Å². The molecule has 1 aromatic carbocycles. The Kier molecular flexibility index (Phi) is 2.95. The molecule has 0 fully saturated rings. The van der Waals surface area contributed by atoms with Crippen LogP contribution in [0.15, 0.2) is 43.2 Å². The highest BCUT2D eigenvalue weighted by atomic mass is 16.1. The van der Waals surface area contributed by atoms with Gasteiger partial charge in [-0.25, -0.2) is 4.98 Å². The van der Waals surface area contributed by atoms with E-state index in [4.69, 9.17) is 0 Å². The first-order valence-electron chi connectivity index (χ1n) is 6.28. The van der Waals surface area contributed by atoms with E-state index in [0.717, 1.165) is 28.6 Å². The molecule has 0 aliphatic carbocycles. The number of aldehydes is 1. The highest BCUT2D eigenvalue weighted by molar-refractivity contribution is 5.82. The molecule has 100 valence electrons. The van der Waals surface area contributed by atoms with Crippen molar-refractivity contribution < 1.29 is 4.79 Å². The molecule has 0 saturated heterocycles. The van der Waals surface area contributed by atoms with Crippen molar-refractivity contribution in [2.75, 3.05) is 0 Å². The fraction of sp³-hybridized carbons (Fsp3) is 0.133. The predicted octanol–water partition coefficient (Wildman–Crippen LogP) is 2.44. The average Bonchev–Trinajstić information content (AvgIpc) is 3.03. The van der Waals surface area contributed by atoms with Gasteiger partial charge in [0.1, 0.15) is 5.69 Å². The summed E-state index contributed by atoms with van der Waals surface area (Å²) in [7, 11) is 1.96. The molecule has 0 aliphatic heterocycles. The van der Waals surface area contributed by atoms with Gasteiger partial charge < -0.3 is 4.57 Å². The molecule has 2 heterocycles. The van der Waals surface area contributed by atoms with Crippen LogP contribution in [0.25, 0.3) is 22.3 Å². The highest BCUT2D eigenvalue weighted by Gasteiger charge is 2.09. The van der Waals surface area contributed by atoms with E-state index in [9.17, 15) is 4.79 Å². The quantitative estimate of drug-likeness (QED) is 0.538. The molecule has 0 unspecified atom stereocenters. The molecule has 2 aromatic heterocycles. The largest absolute Gasteiger partial charge is 0.334 e. The summed E-state index contributed by atoms with van der Waals surface area (Å²) >= 11 is 0. The highest BCUT2D eigenvalue weighted by Crippen LogP contribution is 2.23. The summed E-state index contributed by atoms with van der Waals surface area (Å²) < 4.78 is 3.60. The van der Waals surface area contributed by atoms with Gasteiger partial charge in [0, 0.05) is 12.6 Å². The van der Waals surface area contributed by atoms with Crippen LogP contribution in [-0.2, 0) is 13.6 Å². The minimum absolute atomic E-state index is 0.514. The van der Waals surface area contributed by atoms with E-state index in [-0.39, 0.29) is 0 Å². The van der Waals surface area contributed by atoms with E-state index in [1.165, 1.54) is 0 Å². The smallest absolute Gasteiger partial charge is 0.168 e. The molecule has 3 aromatic rings. The number of aryl methyl sites for hydroxylation is 1. The Labute approximate surface area is 116 Å². The first-order valence-corrected chi connectivity index (χ1v) is 6.28. The molecule has 0 aliphatic rings. The number of rotatable bonds is 4. The van der Waals surface area contributed by atoms with E-state index in [1.54, 1.807) is 23.2 Å². The first kappa shape index (κ1) is 12.3. The lowest BCUT2D eigenvalue weighted by Gasteiger charge is -1.99. The SMILES string of the molecule is C=CCn1nc(-c2ccc3c(c2)ncn3C)cc1C=O. The third-order valence-electron chi connectivity index (χ3n) is 3.26. The number of carbonyl (C=O) groups is 1. The zero-order valence-corrected chi connectivity index (χ0v) is 11.2. The Bertz CT molecular complexity index is 797. The third-order valence-corrected chi connectivity index (χ3v) is 3.26. The summed E-state index contributed by atoms with van der Waals surface area (Å²) in [6.45, 7) is 4.18. The van der Waals surface area contributed by atoms with E-state index in [0.29, 0.717) is 12.2 Å². The average molecular weight is 266 g/mol. The normalized spacial score (nSPS) is 10.8. The molecular weight excluding hydrogens is 252 g/mol. The lowest BCUT2D eigenvalue weighted by molar-refractivity contribution is 0.111. The molecule has 5 nitrogen and oxygen atoms in total. The standard InChI is InChI=1S/C15H14N4O/c1-3-6-19-12(9-20)8-13(17-19)11-4-5-15-14(7-11)16-10-18(15)2/h3-5,7-10H,1,6H2,2H3. The summed E-state index contributed by atoms with van der Waals surface area (Å²) in [6, 6.07) is 7.75. The van der Waals surface area contributed by atoms with Crippen molar-refractivity contribution in [2.45, 2.75) is 6.54 Å². The molecule has 3 rings (SSSR count). The molecule has 0 atom stereocenters. The molecular formula is C15H14N4O. The zero-order valence-electron chi connectivity index (χ0n) is 11.2. The second-order valence-corrected chi connectivity index (χ2v) is 4.60.